The van der Waals surface area contributed by atoms with Gasteiger partial charge in [-0.1, -0.05) is 0 Å². The number of halogens is 1. The van der Waals surface area contributed by atoms with Crippen molar-refractivity contribution >= 4 is 22.9 Å². The van der Waals surface area contributed by atoms with Crippen molar-refractivity contribution < 1.29 is 18.7 Å². The minimum Gasteiger partial charge on any atom is -0.421 e. The lowest BCUT2D eigenvalue weighted by Crippen LogP contribution is -2.44. The molecule has 1 atom stereocenters. The van der Waals surface area contributed by atoms with Crippen LogP contribution in [0.5, 0.6) is 11.8 Å². The van der Waals surface area contributed by atoms with Crippen LogP contribution in [0.1, 0.15) is 17.3 Å². The molecule has 11 heteroatoms. The quantitative estimate of drug-likeness (QED) is 0.467. The topological polar surface area (TPSA) is 109 Å². The van der Waals surface area contributed by atoms with Crippen molar-refractivity contribution in [2.24, 2.45) is 0 Å². The number of nitrogens with one attached hydrogen (secondary N) is 1. The number of hydrogen-bond acceptors (Lipinski definition) is 8. The number of hydrogen-bond donors (Lipinski definition) is 1. The molecule has 0 radical (unpaired) electrons. The summed E-state index contributed by atoms with van der Waals surface area (Å²) >= 11 is 0. The van der Waals surface area contributed by atoms with Gasteiger partial charge in [-0.05, 0) is 43.3 Å². The minimum atomic E-state index is -0.695. The highest BCUT2D eigenvalue weighted by Gasteiger charge is 2.24. The first-order valence-corrected chi connectivity index (χ1v) is 11.1. The smallest absolute Gasteiger partial charge is 0.327 e. The maximum Gasteiger partial charge on any atom is 0.327 e. The van der Waals surface area contributed by atoms with Gasteiger partial charge < -0.3 is 24.3 Å². The van der Waals surface area contributed by atoms with E-state index in [4.69, 9.17) is 9.47 Å². The number of aromatic nitrogens is 5. The van der Waals surface area contributed by atoms with E-state index in [0.29, 0.717) is 37.1 Å². The largest absolute Gasteiger partial charge is 0.421 e. The Morgan fingerprint density at radius 1 is 1.20 bits per heavy atom. The molecule has 0 bridgehead atoms. The minimum absolute atomic E-state index is 0.0359. The van der Waals surface area contributed by atoms with E-state index in [1.165, 1.54) is 17.0 Å². The van der Waals surface area contributed by atoms with Crippen molar-refractivity contribution in [2.45, 2.75) is 13.0 Å². The van der Waals surface area contributed by atoms with Crippen LogP contribution in [0.2, 0.25) is 0 Å². The van der Waals surface area contributed by atoms with Crippen molar-refractivity contribution in [3.05, 3.63) is 54.1 Å². The molecule has 35 heavy (non-hydrogen) atoms. The number of anilines is 1. The summed E-state index contributed by atoms with van der Waals surface area (Å²) in [5.74, 6) is -0.327. The van der Waals surface area contributed by atoms with Gasteiger partial charge in [0.15, 0.2) is 17.4 Å². The molecule has 1 saturated heterocycles. The number of fused-ring (bicyclic) bond motifs is 1. The molecule has 0 saturated carbocycles. The van der Waals surface area contributed by atoms with Crippen LogP contribution in [0, 0.1) is 5.82 Å². The average Bonchev–Trinajstić information content (AvgIpc) is 3.33. The van der Waals surface area contributed by atoms with Crippen LogP contribution in [0.25, 0.3) is 22.4 Å². The molecule has 1 aliphatic rings. The van der Waals surface area contributed by atoms with E-state index in [9.17, 15) is 9.18 Å². The molecule has 0 unspecified atom stereocenters. The van der Waals surface area contributed by atoms with Crippen molar-refractivity contribution in [3.63, 3.8) is 0 Å². The zero-order valence-electron chi connectivity index (χ0n) is 19.5. The maximum atomic E-state index is 14.8. The van der Waals surface area contributed by atoms with E-state index in [2.05, 4.69) is 24.9 Å². The number of imidazole rings is 1. The van der Waals surface area contributed by atoms with E-state index >= 15 is 0 Å². The molecule has 1 amide bonds. The summed E-state index contributed by atoms with van der Waals surface area (Å²) in [6, 6.07) is 9.62. The lowest BCUT2D eigenvalue weighted by Gasteiger charge is -2.33. The van der Waals surface area contributed by atoms with Gasteiger partial charge in [0, 0.05) is 31.8 Å². The number of nitrogens with zero attached hydrogens (tertiary/aromatic N) is 6. The van der Waals surface area contributed by atoms with Crippen molar-refractivity contribution in [2.75, 3.05) is 38.8 Å². The zero-order valence-corrected chi connectivity index (χ0v) is 19.5. The summed E-state index contributed by atoms with van der Waals surface area (Å²) in [5, 5.41) is 0. The first-order chi connectivity index (χ1) is 16.9. The Labute approximate surface area is 200 Å². The Morgan fingerprint density at radius 2 is 2.06 bits per heavy atom. The molecular formula is C24H24FN7O3. The number of benzene rings is 2. The molecule has 1 N–H and O–H groups in total. The number of morpholine rings is 1. The average molecular weight is 478 g/mol. The van der Waals surface area contributed by atoms with Gasteiger partial charge in [-0.3, -0.25) is 4.79 Å². The van der Waals surface area contributed by atoms with Gasteiger partial charge in [-0.25, -0.2) is 9.37 Å². The van der Waals surface area contributed by atoms with E-state index in [0.717, 1.165) is 17.1 Å². The number of carbonyl (C=O) groups excluding carboxylic acids is 1. The number of carbonyl (C=O) groups is 1. The number of amides is 1. The first kappa shape index (κ1) is 22.7. The molecule has 1 aliphatic heterocycles. The summed E-state index contributed by atoms with van der Waals surface area (Å²) in [4.78, 5) is 36.5. The molecule has 2 aromatic heterocycles. The third kappa shape index (κ3) is 4.62. The van der Waals surface area contributed by atoms with Gasteiger partial charge in [0.2, 0.25) is 5.95 Å². The van der Waals surface area contributed by atoms with Crippen LogP contribution < -0.4 is 9.64 Å². The Kier molecular flexibility index (Phi) is 6.00. The van der Waals surface area contributed by atoms with E-state index < -0.39 is 5.82 Å². The third-order valence-electron chi connectivity index (χ3n) is 5.69. The lowest BCUT2D eigenvalue weighted by molar-refractivity contribution is 0.0827. The summed E-state index contributed by atoms with van der Waals surface area (Å²) in [6.07, 6.45) is 1.62. The number of ether oxygens (including phenoxy) is 2. The van der Waals surface area contributed by atoms with Crippen LogP contribution in [0.4, 0.5) is 10.3 Å². The highest BCUT2D eigenvalue weighted by atomic mass is 19.1. The van der Waals surface area contributed by atoms with Crippen LogP contribution in [0.3, 0.4) is 0 Å². The van der Waals surface area contributed by atoms with Crippen LogP contribution in [-0.2, 0) is 4.74 Å². The predicted molar refractivity (Wildman–Crippen MR) is 127 cm³/mol. The van der Waals surface area contributed by atoms with Gasteiger partial charge >= 0.3 is 6.01 Å². The molecule has 0 aliphatic carbocycles. The molecule has 5 rings (SSSR count). The lowest BCUT2D eigenvalue weighted by atomic mass is 10.2. The fraction of sp³-hybridized carbons (Fsp3) is 0.292. The normalized spacial score (nSPS) is 15.9. The van der Waals surface area contributed by atoms with Crippen LogP contribution >= 0.6 is 0 Å². The van der Waals surface area contributed by atoms with Crippen molar-refractivity contribution in [1.82, 2.24) is 29.8 Å². The van der Waals surface area contributed by atoms with Gasteiger partial charge in [0.05, 0.1) is 36.6 Å². The van der Waals surface area contributed by atoms with Crippen molar-refractivity contribution in [3.8, 4) is 23.1 Å². The van der Waals surface area contributed by atoms with E-state index in [1.807, 2.05) is 30.0 Å². The Bertz CT molecular complexity index is 1390. The number of aromatic amines is 1. The summed E-state index contributed by atoms with van der Waals surface area (Å²) in [5.41, 5.74) is 2.58. The van der Waals surface area contributed by atoms with Gasteiger partial charge in [-0.2, -0.15) is 15.0 Å². The molecule has 3 heterocycles. The van der Waals surface area contributed by atoms with Gasteiger partial charge in [-0.15, -0.1) is 0 Å². The standard InChI is InChI=1S/C24H24FN7O3/c1-14-12-34-9-8-32(14)23-28-21(15-4-6-18-19(11-15)27-13-26-18)29-24(30-23)35-20-7-5-16(10-17(20)25)22(33)31(2)3/h4-7,10-11,13-14H,8-9,12H2,1-3H3,(H,26,27)/t14-/m0/s1. The first-order valence-electron chi connectivity index (χ1n) is 11.1. The molecule has 1 fully saturated rings. The Morgan fingerprint density at radius 3 is 2.83 bits per heavy atom. The maximum absolute atomic E-state index is 14.8. The summed E-state index contributed by atoms with van der Waals surface area (Å²) < 4.78 is 26.1. The summed E-state index contributed by atoms with van der Waals surface area (Å²) in [6.45, 7) is 3.68. The number of H-pyrrole nitrogens is 1. The summed E-state index contributed by atoms with van der Waals surface area (Å²) in [7, 11) is 3.21. The SMILES string of the molecule is C[C@H]1COCCN1c1nc(Oc2ccc(C(=O)N(C)C)cc2F)nc(-c2ccc3[nH]cnc3c2)n1. The second kappa shape index (κ2) is 9.26. The zero-order chi connectivity index (χ0) is 24.5. The third-order valence-corrected chi connectivity index (χ3v) is 5.69. The molecule has 10 nitrogen and oxygen atoms in total. The Hall–Kier alpha value is -4.12. The predicted octanol–water partition coefficient (Wildman–Crippen LogP) is 3.27. The van der Waals surface area contributed by atoms with Crippen LogP contribution in [0.15, 0.2) is 42.7 Å². The van der Waals surface area contributed by atoms with Crippen molar-refractivity contribution in [1.29, 1.82) is 0 Å². The second-order valence-electron chi connectivity index (χ2n) is 8.44. The van der Waals surface area contributed by atoms with Crippen LogP contribution in [-0.4, -0.2) is 75.6 Å². The number of rotatable bonds is 5. The fourth-order valence-corrected chi connectivity index (χ4v) is 3.82. The molecular weight excluding hydrogens is 453 g/mol. The molecule has 0 spiro atoms. The second-order valence-corrected chi connectivity index (χ2v) is 8.44. The monoisotopic (exact) mass is 477 g/mol. The molecule has 180 valence electrons. The molecule has 2 aromatic carbocycles. The fourth-order valence-electron chi connectivity index (χ4n) is 3.82. The van der Waals surface area contributed by atoms with Gasteiger partial charge in [0.1, 0.15) is 0 Å². The highest BCUT2D eigenvalue weighted by molar-refractivity contribution is 5.94. The Balaban J connectivity index is 1.54. The van der Waals surface area contributed by atoms with E-state index in [1.54, 1.807) is 20.4 Å². The molecule has 4 aromatic rings. The van der Waals surface area contributed by atoms with Gasteiger partial charge in [0.25, 0.3) is 5.91 Å². The highest BCUT2D eigenvalue weighted by Crippen LogP contribution is 2.28. The van der Waals surface area contributed by atoms with E-state index in [-0.39, 0.29) is 29.3 Å².